The summed E-state index contributed by atoms with van der Waals surface area (Å²) < 4.78 is 5.11. The molecule has 0 aliphatic carbocycles. The normalized spacial score (nSPS) is 10.1. The van der Waals surface area contributed by atoms with Crippen molar-refractivity contribution in [2.45, 2.75) is 6.92 Å². The maximum absolute atomic E-state index is 5.90. The molecule has 1 aromatic carbocycles. The number of nitrogens with zero attached hydrogens (tertiary/aromatic N) is 1. The highest BCUT2D eigenvalue weighted by atomic mass is 16.5. The fraction of sp³-hybridized carbons (Fsp3) is 0.154. The van der Waals surface area contributed by atoms with E-state index in [1.807, 2.05) is 43.3 Å². The molecule has 0 spiro atoms. The van der Waals surface area contributed by atoms with E-state index in [2.05, 4.69) is 4.98 Å². The van der Waals surface area contributed by atoms with E-state index in [0.29, 0.717) is 5.69 Å². The first-order valence-corrected chi connectivity index (χ1v) is 5.08. The van der Waals surface area contributed by atoms with Gasteiger partial charge in [0, 0.05) is 11.3 Å². The molecule has 0 saturated heterocycles. The lowest BCUT2D eigenvalue weighted by Gasteiger charge is -2.06. The number of aromatic nitrogens is 1. The molecule has 0 unspecified atom stereocenters. The smallest absolute Gasteiger partial charge is 0.118 e. The number of nitrogen functional groups attached to an aromatic ring is 1. The molecule has 3 heteroatoms. The third-order valence-corrected chi connectivity index (χ3v) is 2.43. The summed E-state index contributed by atoms with van der Waals surface area (Å²) in [6.45, 7) is 1.95. The lowest BCUT2D eigenvalue weighted by Crippen LogP contribution is -1.95. The van der Waals surface area contributed by atoms with Crippen LogP contribution in [0.15, 0.2) is 36.4 Å². The number of aryl methyl sites for hydroxylation is 1. The van der Waals surface area contributed by atoms with Gasteiger partial charge in [-0.05, 0) is 43.3 Å². The van der Waals surface area contributed by atoms with Gasteiger partial charge in [-0.15, -0.1) is 0 Å². The third-order valence-electron chi connectivity index (χ3n) is 2.43. The summed E-state index contributed by atoms with van der Waals surface area (Å²) in [7, 11) is 1.65. The molecule has 0 amide bonds. The van der Waals surface area contributed by atoms with Crippen molar-refractivity contribution in [2.75, 3.05) is 12.8 Å². The van der Waals surface area contributed by atoms with Crippen LogP contribution in [0.3, 0.4) is 0 Å². The van der Waals surface area contributed by atoms with Crippen LogP contribution >= 0.6 is 0 Å². The molecule has 3 nitrogen and oxygen atoms in total. The Morgan fingerprint density at radius 2 is 1.75 bits per heavy atom. The predicted octanol–water partition coefficient (Wildman–Crippen LogP) is 2.65. The Bertz CT molecular complexity index is 492. The zero-order valence-corrected chi connectivity index (χ0v) is 9.40. The van der Waals surface area contributed by atoms with Gasteiger partial charge in [-0.25, -0.2) is 0 Å². The maximum atomic E-state index is 5.90. The highest BCUT2D eigenvalue weighted by Crippen LogP contribution is 2.25. The van der Waals surface area contributed by atoms with Crippen molar-refractivity contribution in [2.24, 2.45) is 0 Å². The number of ether oxygens (including phenoxy) is 1. The molecule has 0 radical (unpaired) electrons. The van der Waals surface area contributed by atoms with E-state index in [9.17, 15) is 0 Å². The molecule has 0 aliphatic rings. The number of benzene rings is 1. The highest BCUT2D eigenvalue weighted by Gasteiger charge is 2.04. The summed E-state index contributed by atoms with van der Waals surface area (Å²) in [5.41, 5.74) is 9.37. The molecule has 82 valence electrons. The van der Waals surface area contributed by atoms with Crippen LogP contribution in [0, 0.1) is 6.92 Å². The number of pyridine rings is 1. The highest BCUT2D eigenvalue weighted by molar-refractivity contribution is 5.72. The monoisotopic (exact) mass is 214 g/mol. The van der Waals surface area contributed by atoms with Gasteiger partial charge in [0.1, 0.15) is 5.75 Å². The Morgan fingerprint density at radius 1 is 1.06 bits per heavy atom. The van der Waals surface area contributed by atoms with Crippen LogP contribution in [0.1, 0.15) is 5.69 Å². The Labute approximate surface area is 94.9 Å². The number of methoxy groups -OCH3 is 1. The summed E-state index contributed by atoms with van der Waals surface area (Å²) in [6.07, 6.45) is 0. The molecule has 2 aromatic rings. The van der Waals surface area contributed by atoms with Crippen molar-refractivity contribution in [1.29, 1.82) is 0 Å². The molecular weight excluding hydrogens is 200 g/mol. The first kappa shape index (κ1) is 10.5. The topological polar surface area (TPSA) is 48.1 Å². The van der Waals surface area contributed by atoms with Gasteiger partial charge in [0.15, 0.2) is 0 Å². The van der Waals surface area contributed by atoms with Gasteiger partial charge in [0.25, 0.3) is 0 Å². The molecule has 2 N–H and O–H groups in total. The molecule has 0 saturated carbocycles. The van der Waals surface area contributed by atoms with Crippen molar-refractivity contribution in [1.82, 2.24) is 4.98 Å². The van der Waals surface area contributed by atoms with Gasteiger partial charge >= 0.3 is 0 Å². The van der Waals surface area contributed by atoms with Gasteiger partial charge in [-0.1, -0.05) is 0 Å². The fourth-order valence-electron chi connectivity index (χ4n) is 1.55. The van der Waals surface area contributed by atoms with Crippen LogP contribution in [-0.2, 0) is 0 Å². The van der Waals surface area contributed by atoms with Crippen LogP contribution in [0.4, 0.5) is 5.69 Å². The Kier molecular flexibility index (Phi) is 2.77. The van der Waals surface area contributed by atoms with Gasteiger partial charge < -0.3 is 10.5 Å². The molecule has 0 aliphatic heterocycles. The van der Waals surface area contributed by atoms with E-state index < -0.39 is 0 Å². The minimum absolute atomic E-state index is 0.691. The first-order chi connectivity index (χ1) is 7.70. The summed E-state index contributed by atoms with van der Waals surface area (Å²) >= 11 is 0. The maximum Gasteiger partial charge on any atom is 0.118 e. The Balaban J connectivity index is 2.45. The van der Waals surface area contributed by atoms with Gasteiger partial charge in [-0.2, -0.15) is 0 Å². The number of hydrogen-bond donors (Lipinski definition) is 1. The summed E-state index contributed by atoms with van der Waals surface area (Å²) in [4.78, 5) is 4.43. The fourth-order valence-corrected chi connectivity index (χ4v) is 1.55. The van der Waals surface area contributed by atoms with E-state index in [1.165, 1.54) is 0 Å². The first-order valence-electron chi connectivity index (χ1n) is 5.08. The lowest BCUT2D eigenvalue weighted by molar-refractivity contribution is 0.415. The molecule has 1 aromatic heterocycles. The second-order valence-corrected chi connectivity index (χ2v) is 3.62. The van der Waals surface area contributed by atoms with Gasteiger partial charge in [-0.3, -0.25) is 4.98 Å². The van der Waals surface area contributed by atoms with Crippen LogP contribution in [0.5, 0.6) is 5.75 Å². The van der Waals surface area contributed by atoms with Crippen molar-refractivity contribution in [3.63, 3.8) is 0 Å². The lowest BCUT2D eigenvalue weighted by atomic mass is 10.1. The third kappa shape index (κ3) is 1.98. The number of rotatable bonds is 2. The van der Waals surface area contributed by atoms with Gasteiger partial charge in [0.2, 0.25) is 0 Å². The van der Waals surface area contributed by atoms with E-state index in [-0.39, 0.29) is 0 Å². The van der Waals surface area contributed by atoms with Crippen molar-refractivity contribution in [3.8, 4) is 17.0 Å². The quantitative estimate of drug-likeness (QED) is 0.836. The van der Waals surface area contributed by atoms with Crippen LogP contribution in [0.25, 0.3) is 11.3 Å². The van der Waals surface area contributed by atoms with Crippen molar-refractivity contribution >= 4 is 5.69 Å². The zero-order valence-electron chi connectivity index (χ0n) is 9.40. The van der Waals surface area contributed by atoms with Crippen LogP contribution < -0.4 is 10.5 Å². The molecule has 2 rings (SSSR count). The number of anilines is 1. The Morgan fingerprint density at radius 3 is 2.38 bits per heavy atom. The second-order valence-electron chi connectivity index (χ2n) is 3.62. The molecule has 16 heavy (non-hydrogen) atoms. The predicted molar refractivity (Wildman–Crippen MR) is 65.4 cm³/mol. The van der Waals surface area contributed by atoms with Crippen molar-refractivity contribution in [3.05, 3.63) is 42.1 Å². The second kappa shape index (κ2) is 4.23. The standard InChI is InChI=1S/C13H14N2O/c1-9-3-8-12(14)13(15-9)10-4-6-11(16-2)7-5-10/h3-8H,14H2,1-2H3. The zero-order chi connectivity index (χ0) is 11.5. The Hall–Kier alpha value is -2.03. The SMILES string of the molecule is COc1ccc(-c2nc(C)ccc2N)cc1. The summed E-state index contributed by atoms with van der Waals surface area (Å²) in [5, 5.41) is 0. The van der Waals surface area contributed by atoms with Gasteiger partial charge in [0.05, 0.1) is 18.5 Å². The average molecular weight is 214 g/mol. The number of hydrogen-bond acceptors (Lipinski definition) is 3. The molecule has 0 atom stereocenters. The molecule has 0 fully saturated rings. The summed E-state index contributed by atoms with van der Waals surface area (Å²) in [6, 6.07) is 11.5. The minimum Gasteiger partial charge on any atom is -0.497 e. The van der Waals surface area contributed by atoms with E-state index in [4.69, 9.17) is 10.5 Å². The van der Waals surface area contributed by atoms with Crippen LogP contribution in [0.2, 0.25) is 0 Å². The largest absolute Gasteiger partial charge is 0.497 e. The van der Waals surface area contributed by atoms with Crippen molar-refractivity contribution < 1.29 is 4.74 Å². The minimum atomic E-state index is 0.691. The summed E-state index contributed by atoms with van der Waals surface area (Å²) in [5.74, 6) is 0.829. The van der Waals surface area contributed by atoms with Crippen LogP contribution in [-0.4, -0.2) is 12.1 Å². The molecular formula is C13H14N2O. The van der Waals surface area contributed by atoms with E-state index >= 15 is 0 Å². The molecule has 1 heterocycles. The number of nitrogens with two attached hydrogens (primary N) is 1. The average Bonchev–Trinajstić information content (AvgIpc) is 2.32. The van der Waals surface area contributed by atoms with E-state index in [1.54, 1.807) is 7.11 Å². The van der Waals surface area contributed by atoms with E-state index in [0.717, 1.165) is 22.7 Å². The molecule has 0 bridgehead atoms.